The normalized spacial score (nSPS) is 11.2. The molecule has 0 aliphatic carbocycles. The molecule has 1 amide bonds. The number of amides is 1. The highest BCUT2D eigenvalue weighted by Gasteiger charge is 2.20. The molecule has 0 spiro atoms. The third-order valence-electron chi connectivity index (χ3n) is 4.55. The summed E-state index contributed by atoms with van der Waals surface area (Å²) in [5.74, 6) is -0.587. The van der Waals surface area contributed by atoms with Crippen LogP contribution >= 0.6 is 23.2 Å². The van der Waals surface area contributed by atoms with E-state index >= 15 is 0 Å². The summed E-state index contributed by atoms with van der Waals surface area (Å²) in [6, 6.07) is 17.1. The van der Waals surface area contributed by atoms with E-state index in [9.17, 15) is 13.2 Å². The van der Waals surface area contributed by atoms with Crippen LogP contribution in [0.5, 0.6) is 0 Å². The Kier molecular flexibility index (Phi) is 6.37. The number of sulfonamides is 1. The first kappa shape index (κ1) is 22.8. The molecule has 0 aliphatic rings. The van der Waals surface area contributed by atoms with Crippen molar-refractivity contribution in [3.63, 3.8) is 0 Å². The molecule has 0 unspecified atom stereocenters. The van der Waals surface area contributed by atoms with Crippen molar-refractivity contribution in [2.45, 2.75) is 11.8 Å². The molecule has 8 nitrogen and oxygen atoms in total. The lowest BCUT2D eigenvalue weighted by Gasteiger charge is -2.12. The number of halogens is 2. The Balaban J connectivity index is 1.56. The van der Waals surface area contributed by atoms with Crippen molar-refractivity contribution in [1.29, 1.82) is 0 Å². The summed E-state index contributed by atoms with van der Waals surface area (Å²) < 4.78 is 33.4. The van der Waals surface area contributed by atoms with Gasteiger partial charge in [-0.2, -0.15) is 0 Å². The van der Waals surface area contributed by atoms with Gasteiger partial charge in [0.05, 0.1) is 26.7 Å². The average Bonchev–Trinajstić information content (AvgIpc) is 3.24. The van der Waals surface area contributed by atoms with Crippen molar-refractivity contribution < 1.29 is 17.6 Å². The predicted molar refractivity (Wildman–Crippen MR) is 126 cm³/mol. The minimum Gasteiger partial charge on any atom is -0.403 e. The molecule has 1 heterocycles. The number of rotatable bonds is 6. The first-order valence-corrected chi connectivity index (χ1v) is 11.8. The van der Waals surface area contributed by atoms with Crippen LogP contribution in [-0.2, 0) is 10.0 Å². The number of hydrogen-bond donors (Lipinski definition) is 2. The lowest BCUT2D eigenvalue weighted by Crippen LogP contribution is -2.18. The predicted octanol–water partition coefficient (Wildman–Crippen LogP) is 5.40. The van der Waals surface area contributed by atoms with E-state index in [4.69, 9.17) is 27.6 Å². The second-order valence-corrected chi connectivity index (χ2v) is 9.48. The lowest BCUT2D eigenvalue weighted by atomic mass is 10.2. The summed E-state index contributed by atoms with van der Waals surface area (Å²) in [5.41, 5.74) is 1.48. The van der Waals surface area contributed by atoms with Crippen molar-refractivity contribution >= 4 is 50.8 Å². The summed E-state index contributed by atoms with van der Waals surface area (Å²) in [7, 11) is -3.91. The summed E-state index contributed by atoms with van der Waals surface area (Å²) >= 11 is 12.1. The maximum atomic E-state index is 12.8. The van der Waals surface area contributed by atoms with Crippen LogP contribution in [0.3, 0.4) is 0 Å². The quantitative estimate of drug-likeness (QED) is 0.364. The van der Waals surface area contributed by atoms with E-state index in [2.05, 4.69) is 20.2 Å². The molecule has 11 heteroatoms. The standard InChI is InChI=1S/C22H16Cl2N4O4S/c1-13-6-9-15(10-7-13)33(30,31)28-19-5-3-2-4-16(19)20(29)25-22-27-26-21(32-22)17-12-14(23)8-11-18(17)24/h2-12,28H,1H3,(H,25,27,29). The van der Waals surface area contributed by atoms with Crippen LogP contribution in [0.4, 0.5) is 11.7 Å². The minimum atomic E-state index is -3.91. The van der Waals surface area contributed by atoms with Gasteiger partial charge < -0.3 is 4.42 Å². The second kappa shape index (κ2) is 9.22. The monoisotopic (exact) mass is 502 g/mol. The zero-order valence-electron chi connectivity index (χ0n) is 17.0. The summed E-state index contributed by atoms with van der Waals surface area (Å²) in [5, 5.41) is 10.9. The Hall–Kier alpha value is -3.40. The molecule has 0 bridgehead atoms. The van der Waals surface area contributed by atoms with E-state index < -0.39 is 15.9 Å². The van der Waals surface area contributed by atoms with Gasteiger partial charge in [0.1, 0.15) is 0 Å². The number of anilines is 2. The SMILES string of the molecule is Cc1ccc(S(=O)(=O)Nc2ccccc2C(=O)Nc2nnc(-c3cc(Cl)ccc3Cl)o2)cc1. The van der Waals surface area contributed by atoms with Gasteiger partial charge in [0, 0.05) is 5.02 Å². The zero-order chi connectivity index (χ0) is 23.6. The van der Waals surface area contributed by atoms with Crippen molar-refractivity contribution in [3.8, 4) is 11.5 Å². The molecule has 33 heavy (non-hydrogen) atoms. The van der Waals surface area contributed by atoms with E-state index in [-0.39, 0.29) is 28.1 Å². The van der Waals surface area contributed by atoms with Crippen LogP contribution in [0.15, 0.2) is 76.0 Å². The van der Waals surface area contributed by atoms with Crippen molar-refractivity contribution in [2.75, 3.05) is 10.0 Å². The Morgan fingerprint density at radius 1 is 0.970 bits per heavy atom. The number of nitrogens with one attached hydrogen (secondary N) is 2. The highest BCUT2D eigenvalue weighted by molar-refractivity contribution is 7.92. The van der Waals surface area contributed by atoms with E-state index in [1.165, 1.54) is 24.3 Å². The van der Waals surface area contributed by atoms with Gasteiger partial charge >= 0.3 is 6.01 Å². The van der Waals surface area contributed by atoms with Crippen LogP contribution in [0, 0.1) is 6.92 Å². The van der Waals surface area contributed by atoms with Crippen LogP contribution in [-0.4, -0.2) is 24.5 Å². The van der Waals surface area contributed by atoms with Crippen molar-refractivity contribution in [3.05, 3.63) is 87.9 Å². The number of benzene rings is 3. The van der Waals surface area contributed by atoms with E-state index in [1.54, 1.807) is 42.5 Å². The molecule has 0 aliphatic heterocycles. The molecule has 2 N–H and O–H groups in total. The van der Waals surface area contributed by atoms with Crippen molar-refractivity contribution in [1.82, 2.24) is 10.2 Å². The number of aromatic nitrogens is 2. The molecule has 4 rings (SSSR count). The van der Waals surface area contributed by atoms with Gasteiger partial charge in [-0.1, -0.05) is 58.1 Å². The van der Waals surface area contributed by atoms with Gasteiger partial charge in [-0.3, -0.25) is 14.8 Å². The second-order valence-electron chi connectivity index (χ2n) is 6.95. The van der Waals surface area contributed by atoms with Gasteiger partial charge in [0.2, 0.25) is 0 Å². The van der Waals surface area contributed by atoms with Gasteiger partial charge in [0.15, 0.2) is 0 Å². The zero-order valence-corrected chi connectivity index (χ0v) is 19.4. The summed E-state index contributed by atoms with van der Waals surface area (Å²) in [4.78, 5) is 12.9. The van der Waals surface area contributed by atoms with Crippen LogP contribution in [0.1, 0.15) is 15.9 Å². The van der Waals surface area contributed by atoms with E-state index in [0.717, 1.165) is 5.56 Å². The fourth-order valence-corrected chi connectivity index (χ4v) is 4.35. The molecule has 0 saturated heterocycles. The van der Waals surface area contributed by atoms with Crippen LogP contribution in [0.25, 0.3) is 11.5 Å². The largest absolute Gasteiger partial charge is 0.403 e. The number of hydrogen-bond acceptors (Lipinski definition) is 6. The molecule has 168 valence electrons. The molecule has 0 radical (unpaired) electrons. The lowest BCUT2D eigenvalue weighted by molar-refractivity contribution is 0.102. The third-order valence-corrected chi connectivity index (χ3v) is 6.50. The number of aryl methyl sites for hydroxylation is 1. The highest BCUT2D eigenvalue weighted by atomic mass is 35.5. The maximum Gasteiger partial charge on any atom is 0.322 e. The van der Waals surface area contributed by atoms with Gasteiger partial charge in [0.25, 0.3) is 21.8 Å². The first-order chi connectivity index (χ1) is 15.7. The van der Waals surface area contributed by atoms with Crippen LogP contribution < -0.4 is 10.0 Å². The maximum absolute atomic E-state index is 12.8. The number of para-hydroxylation sites is 1. The van der Waals surface area contributed by atoms with Crippen LogP contribution in [0.2, 0.25) is 10.0 Å². The van der Waals surface area contributed by atoms with E-state index in [1.807, 2.05) is 6.92 Å². The molecule has 0 atom stereocenters. The van der Waals surface area contributed by atoms with Crippen molar-refractivity contribution in [2.24, 2.45) is 0 Å². The number of nitrogens with zero attached hydrogens (tertiary/aromatic N) is 2. The smallest absolute Gasteiger partial charge is 0.322 e. The molecular formula is C22H16Cl2N4O4S. The third kappa shape index (κ3) is 5.16. The fraction of sp³-hybridized carbons (Fsp3) is 0.0455. The molecule has 0 fully saturated rings. The van der Waals surface area contributed by atoms with Gasteiger partial charge in [-0.05, 0) is 49.4 Å². The molecule has 1 aromatic heterocycles. The molecule has 0 saturated carbocycles. The van der Waals surface area contributed by atoms with Gasteiger partial charge in [-0.15, -0.1) is 5.10 Å². The summed E-state index contributed by atoms with van der Waals surface area (Å²) in [6.45, 7) is 1.85. The first-order valence-electron chi connectivity index (χ1n) is 9.52. The summed E-state index contributed by atoms with van der Waals surface area (Å²) in [6.07, 6.45) is 0. The molecule has 4 aromatic rings. The number of carbonyl (C=O) groups is 1. The Labute approximate surface area is 199 Å². The highest BCUT2D eigenvalue weighted by Crippen LogP contribution is 2.30. The average molecular weight is 503 g/mol. The molecule has 3 aromatic carbocycles. The number of carbonyl (C=O) groups excluding carboxylic acids is 1. The van der Waals surface area contributed by atoms with E-state index in [0.29, 0.717) is 15.6 Å². The molecular weight excluding hydrogens is 487 g/mol. The van der Waals surface area contributed by atoms with Gasteiger partial charge in [-0.25, -0.2) is 8.42 Å². The Morgan fingerprint density at radius 2 is 1.70 bits per heavy atom. The minimum absolute atomic E-state index is 0.0613. The topological polar surface area (TPSA) is 114 Å². The Morgan fingerprint density at radius 3 is 2.45 bits per heavy atom. The Bertz CT molecular complexity index is 1440. The fourth-order valence-electron chi connectivity index (χ4n) is 2.90.